The number of nitrogen functional groups attached to an aromatic ring is 1. The largest absolute Gasteiger partial charge is 0.396 e. The Hall–Kier alpha value is -0.410. The maximum Gasteiger partial charge on any atom is 0.0884 e. The van der Waals surface area contributed by atoms with Crippen LogP contribution in [-0.4, -0.2) is 9.78 Å². The lowest BCUT2D eigenvalue weighted by atomic mass is 9.82. The van der Waals surface area contributed by atoms with E-state index in [1.807, 2.05) is 13.2 Å². The third-order valence-corrected chi connectivity index (χ3v) is 2.38. The van der Waals surface area contributed by atoms with Crippen molar-refractivity contribution >= 4 is 30.5 Å². The van der Waals surface area contributed by atoms with Crippen LogP contribution < -0.4 is 5.73 Å². The average Bonchev–Trinajstić information content (AvgIpc) is 2.07. The zero-order valence-electron chi connectivity index (χ0n) is 7.56. The quantitative estimate of drug-likeness (QED) is 0.793. The van der Waals surface area contributed by atoms with Gasteiger partial charge in [-0.1, -0.05) is 6.42 Å². The molecule has 0 aliphatic heterocycles. The first-order valence-corrected chi connectivity index (χ1v) is 4.06. The minimum atomic E-state index is 0. The molecule has 2 rings (SSSR count). The molecule has 1 saturated carbocycles. The summed E-state index contributed by atoms with van der Waals surface area (Å²) in [6, 6.07) is 0. The molecule has 1 aliphatic rings. The molecule has 0 unspecified atom stereocenters. The van der Waals surface area contributed by atoms with Gasteiger partial charge in [-0.3, -0.25) is 4.68 Å². The van der Waals surface area contributed by atoms with E-state index in [9.17, 15) is 0 Å². The minimum Gasteiger partial charge on any atom is -0.396 e. The van der Waals surface area contributed by atoms with Gasteiger partial charge in [-0.15, -0.1) is 24.8 Å². The summed E-state index contributed by atoms with van der Waals surface area (Å²) in [4.78, 5) is 0. The highest BCUT2D eigenvalue weighted by atomic mass is 35.5. The van der Waals surface area contributed by atoms with Gasteiger partial charge in [0, 0.05) is 19.2 Å². The molecule has 1 aliphatic carbocycles. The van der Waals surface area contributed by atoms with Crippen molar-refractivity contribution in [2.75, 3.05) is 5.73 Å². The monoisotopic (exact) mass is 223 g/mol. The molecule has 2 N–H and O–H groups in total. The van der Waals surface area contributed by atoms with E-state index in [0.717, 1.165) is 11.4 Å². The highest BCUT2D eigenvalue weighted by Crippen LogP contribution is 2.37. The second kappa shape index (κ2) is 4.72. The van der Waals surface area contributed by atoms with Crippen molar-refractivity contribution in [1.82, 2.24) is 9.78 Å². The first-order valence-electron chi connectivity index (χ1n) is 4.06. The van der Waals surface area contributed by atoms with Gasteiger partial charge in [-0.05, 0) is 12.8 Å². The van der Waals surface area contributed by atoms with Gasteiger partial charge in [0.05, 0.1) is 11.4 Å². The Kier molecular flexibility index (Phi) is 4.57. The standard InChI is InChI=1S/C8H13N3.2ClH/c1-11-5-7(9)8(10-11)6-3-2-4-6;;/h5-6H,2-4,9H2,1H3;2*1H. The Morgan fingerprint density at radius 2 is 2.08 bits per heavy atom. The van der Waals surface area contributed by atoms with E-state index in [1.54, 1.807) is 4.68 Å². The molecule has 76 valence electrons. The van der Waals surface area contributed by atoms with Crippen molar-refractivity contribution in [1.29, 1.82) is 0 Å². The summed E-state index contributed by atoms with van der Waals surface area (Å²) < 4.78 is 1.79. The van der Waals surface area contributed by atoms with Crippen LogP contribution in [0, 0.1) is 0 Å². The van der Waals surface area contributed by atoms with Crippen molar-refractivity contribution in [3.63, 3.8) is 0 Å². The number of halogens is 2. The molecule has 0 spiro atoms. The fourth-order valence-corrected chi connectivity index (χ4v) is 1.52. The number of aromatic nitrogens is 2. The molecule has 0 aromatic carbocycles. The maximum atomic E-state index is 5.77. The first kappa shape index (κ1) is 12.6. The molecule has 1 fully saturated rings. The molecular formula is C8H15Cl2N3. The van der Waals surface area contributed by atoms with Gasteiger partial charge in [0.15, 0.2) is 0 Å². The van der Waals surface area contributed by atoms with Crippen LogP contribution in [0.3, 0.4) is 0 Å². The van der Waals surface area contributed by atoms with Gasteiger partial charge in [-0.2, -0.15) is 5.10 Å². The topological polar surface area (TPSA) is 43.8 Å². The lowest BCUT2D eigenvalue weighted by Crippen LogP contribution is -2.11. The van der Waals surface area contributed by atoms with Crippen LogP contribution in [0.15, 0.2) is 6.20 Å². The maximum absolute atomic E-state index is 5.77. The summed E-state index contributed by atoms with van der Waals surface area (Å²) in [5.41, 5.74) is 7.74. The summed E-state index contributed by atoms with van der Waals surface area (Å²) in [6.07, 6.45) is 5.75. The third kappa shape index (κ3) is 2.29. The van der Waals surface area contributed by atoms with E-state index < -0.39 is 0 Å². The zero-order chi connectivity index (χ0) is 7.84. The summed E-state index contributed by atoms with van der Waals surface area (Å²) in [5.74, 6) is 0.649. The van der Waals surface area contributed by atoms with E-state index in [4.69, 9.17) is 5.73 Å². The molecule has 1 aromatic rings. The van der Waals surface area contributed by atoms with Crippen molar-refractivity contribution in [2.45, 2.75) is 25.2 Å². The molecule has 1 aromatic heterocycles. The van der Waals surface area contributed by atoms with Crippen LogP contribution in [0.4, 0.5) is 5.69 Å². The zero-order valence-corrected chi connectivity index (χ0v) is 9.20. The Morgan fingerprint density at radius 1 is 1.46 bits per heavy atom. The van der Waals surface area contributed by atoms with Crippen LogP contribution in [0.25, 0.3) is 0 Å². The van der Waals surface area contributed by atoms with Gasteiger partial charge in [-0.25, -0.2) is 0 Å². The molecule has 0 amide bonds. The molecule has 3 nitrogen and oxygen atoms in total. The SMILES string of the molecule is Cl.Cl.Cn1cc(N)c(C2CCC2)n1. The highest BCUT2D eigenvalue weighted by molar-refractivity contribution is 5.85. The van der Waals surface area contributed by atoms with Crippen LogP contribution in [0.1, 0.15) is 30.9 Å². The van der Waals surface area contributed by atoms with E-state index in [0.29, 0.717) is 5.92 Å². The first-order chi connectivity index (χ1) is 5.27. The third-order valence-electron chi connectivity index (χ3n) is 2.38. The van der Waals surface area contributed by atoms with Crippen molar-refractivity contribution in [3.8, 4) is 0 Å². The molecule has 0 radical (unpaired) electrons. The van der Waals surface area contributed by atoms with E-state index >= 15 is 0 Å². The average molecular weight is 224 g/mol. The van der Waals surface area contributed by atoms with Crippen LogP contribution in [-0.2, 0) is 7.05 Å². The van der Waals surface area contributed by atoms with E-state index in [-0.39, 0.29) is 24.8 Å². The molecule has 5 heteroatoms. The van der Waals surface area contributed by atoms with E-state index in [1.165, 1.54) is 19.3 Å². The highest BCUT2D eigenvalue weighted by Gasteiger charge is 2.23. The normalized spacial score (nSPS) is 15.5. The van der Waals surface area contributed by atoms with Crippen molar-refractivity contribution < 1.29 is 0 Å². The van der Waals surface area contributed by atoms with Crippen LogP contribution >= 0.6 is 24.8 Å². The van der Waals surface area contributed by atoms with Gasteiger partial charge >= 0.3 is 0 Å². The minimum absolute atomic E-state index is 0. The molecule has 0 bridgehead atoms. The van der Waals surface area contributed by atoms with Gasteiger partial charge in [0.1, 0.15) is 0 Å². The Morgan fingerprint density at radius 3 is 2.38 bits per heavy atom. The fraction of sp³-hybridized carbons (Fsp3) is 0.625. The number of aryl methyl sites for hydroxylation is 1. The molecule has 0 saturated heterocycles. The number of anilines is 1. The van der Waals surface area contributed by atoms with Crippen molar-refractivity contribution in [2.24, 2.45) is 7.05 Å². The molecule has 0 atom stereocenters. The smallest absolute Gasteiger partial charge is 0.0884 e. The summed E-state index contributed by atoms with van der Waals surface area (Å²) >= 11 is 0. The predicted octanol–water partition coefficient (Wildman–Crippen LogP) is 2.11. The second-order valence-corrected chi connectivity index (χ2v) is 3.27. The lowest BCUT2D eigenvalue weighted by molar-refractivity contribution is 0.409. The fourth-order valence-electron chi connectivity index (χ4n) is 1.52. The summed E-state index contributed by atoms with van der Waals surface area (Å²) in [7, 11) is 1.92. The van der Waals surface area contributed by atoms with Crippen LogP contribution in [0.2, 0.25) is 0 Å². The van der Waals surface area contributed by atoms with Crippen molar-refractivity contribution in [3.05, 3.63) is 11.9 Å². The van der Waals surface area contributed by atoms with Gasteiger partial charge in [0.25, 0.3) is 0 Å². The number of nitrogens with zero attached hydrogens (tertiary/aromatic N) is 2. The molecular weight excluding hydrogens is 209 g/mol. The Balaban J connectivity index is 0.000000720. The Bertz CT molecular complexity index is 268. The number of hydrogen-bond acceptors (Lipinski definition) is 2. The number of nitrogens with two attached hydrogens (primary N) is 1. The van der Waals surface area contributed by atoms with E-state index in [2.05, 4.69) is 5.10 Å². The summed E-state index contributed by atoms with van der Waals surface area (Å²) in [5, 5.41) is 4.32. The number of hydrogen-bond donors (Lipinski definition) is 1. The summed E-state index contributed by atoms with van der Waals surface area (Å²) in [6.45, 7) is 0. The second-order valence-electron chi connectivity index (χ2n) is 3.27. The van der Waals surface area contributed by atoms with Gasteiger partial charge in [0.2, 0.25) is 0 Å². The molecule has 1 heterocycles. The van der Waals surface area contributed by atoms with Gasteiger partial charge < -0.3 is 5.73 Å². The molecule has 13 heavy (non-hydrogen) atoms. The lowest BCUT2D eigenvalue weighted by Gasteiger charge is -2.23. The Labute approximate surface area is 90.5 Å². The van der Waals surface area contributed by atoms with Crippen LogP contribution in [0.5, 0.6) is 0 Å². The predicted molar refractivity (Wildman–Crippen MR) is 58.7 cm³/mol. The number of rotatable bonds is 1.